The molecule has 4 heteroatoms. The third-order valence-electron chi connectivity index (χ3n) is 4.72. The molecule has 2 fully saturated rings. The molecule has 2 aliphatic rings. The first-order valence-corrected chi connectivity index (χ1v) is 8.39. The zero-order valence-electron chi connectivity index (χ0n) is 14.7. The van der Waals surface area contributed by atoms with Crippen molar-refractivity contribution in [3.8, 4) is 0 Å². The highest BCUT2D eigenvalue weighted by atomic mass is 16.5. The quantitative estimate of drug-likeness (QED) is 0.835. The number of nitrogens with one attached hydrogen (secondary N) is 1. The van der Waals surface area contributed by atoms with E-state index in [0.717, 1.165) is 32.4 Å². The molecule has 0 radical (unpaired) electrons. The first kappa shape index (κ1) is 17.2. The lowest BCUT2D eigenvalue weighted by Crippen LogP contribution is -2.60. The minimum Gasteiger partial charge on any atom is -0.394 e. The Bertz CT molecular complexity index is 352. The monoisotopic (exact) mass is 298 g/mol. The Hall–Kier alpha value is -0.160. The second kappa shape index (κ2) is 5.80. The minimum atomic E-state index is -0.0995. The second-order valence-electron chi connectivity index (χ2n) is 8.66. The number of rotatable bonds is 4. The first-order valence-electron chi connectivity index (χ1n) is 8.39. The van der Waals surface area contributed by atoms with E-state index in [-0.39, 0.29) is 23.3 Å². The number of morpholine rings is 1. The van der Waals surface area contributed by atoms with E-state index in [4.69, 9.17) is 4.74 Å². The van der Waals surface area contributed by atoms with Gasteiger partial charge < -0.3 is 15.2 Å². The predicted molar refractivity (Wildman–Crippen MR) is 86.5 cm³/mol. The van der Waals surface area contributed by atoms with Crippen LogP contribution in [-0.4, -0.2) is 58.5 Å². The van der Waals surface area contributed by atoms with Crippen molar-refractivity contribution in [3.05, 3.63) is 0 Å². The molecule has 0 aromatic heterocycles. The van der Waals surface area contributed by atoms with Gasteiger partial charge >= 0.3 is 0 Å². The van der Waals surface area contributed by atoms with Crippen LogP contribution in [0.5, 0.6) is 0 Å². The van der Waals surface area contributed by atoms with Crippen LogP contribution in [0.2, 0.25) is 0 Å². The van der Waals surface area contributed by atoms with Crippen LogP contribution < -0.4 is 5.32 Å². The number of aliphatic hydroxyl groups is 1. The Morgan fingerprint density at radius 3 is 2.24 bits per heavy atom. The molecule has 1 saturated heterocycles. The summed E-state index contributed by atoms with van der Waals surface area (Å²) in [5.74, 6) is 0. The topological polar surface area (TPSA) is 44.7 Å². The fourth-order valence-corrected chi connectivity index (χ4v) is 4.45. The number of nitrogens with zero attached hydrogens (tertiary/aromatic N) is 1. The molecule has 1 aliphatic heterocycles. The van der Waals surface area contributed by atoms with E-state index in [2.05, 4.69) is 51.8 Å². The Kier molecular flexibility index (Phi) is 4.75. The van der Waals surface area contributed by atoms with Crippen molar-refractivity contribution in [1.82, 2.24) is 10.2 Å². The molecule has 0 spiro atoms. The molecule has 2 unspecified atom stereocenters. The van der Waals surface area contributed by atoms with E-state index in [9.17, 15) is 5.11 Å². The SMILES string of the molecule is CC(C)NC1(CO)CCC(N2CC(C)(C)OC(C)(C)C2)C1. The summed E-state index contributed by atoms with van der Waals surface area (Å²) in [6.45, 7) is 15.2. The van der Waals surface area contributed by atoms with Gasteiger partial charge in [-0.15, -0.1) is 0 Å². The standard InChI is InChI=1S/C17H34N2O2/c1-13(2)18-17(12-20)8-7-14(9-17)19-10-15(3,4)21-16(5,6)11-19/h13-14,18,20H,7-12H2,1-6H3. The van der Waals surface area contributed by atoms with Crippen LogP contribution in [0, 0.1) is 0 Å². The van der Waals surface area contributed by atoms with Gasteiger partial charge in [-0.1, -0.05) is 13.8 Å². The molecular weight excluding hydrogens is 264 g/mol. The molecule has 4 nitrogen and oxygen atoms in total. The second-order valence-corrected chi connectivity index (χ2v) is 8.66. The number of ether oxygens (including phenoxy) is 1. The zero-order valence-corrected chi connectivity index (χ0v) is 14.7. The van der Waals surface area contributed by atoms with Gasteiger partial charge in [0.05, 0.1) is 17.8 Å². The lowest BCUT2D eigenvalue weighted by molar-refractivity contribution is -0.187. The Balaban J connectivity index is 2.06. The summed E-state index contributed by atoms with van der Waals surface area (Å²) in [7, 11) is 0. The summed E-state index contributed by atoms with van der Waals surface area (Å²) < 4.78 is 6.19. The molecule has 0 aromatic rings. The molecule has 21 heavy (non-hydrogen) atoms. The molecule has 0 aromatic carbocycles. The predicted octanol–water partition coefficient (Wildman–Crippen LogP) is 2.16. The van der Waals surface area contributed by atoms with Gasteiger partial charge in [0, 0.05) is 30.7 Å². The van der Waals surface area contributed by atoms with Crippen molar-refractivity contribution in [2.75, 3.05) is 19.7 Å². The fourth-order valence-electron chi connectivity index (χ4n) is 4.45. The van der Waals surface area contributed by atoms with Gasteiger partial charge in [0.15, 0.2) is 0 Å². The molecule has 1 aliphatic carbocycles. The molecular formula is C17H34N2O2. The number of hydrogen-bond acceptors (Lipinski definition) is 4. The van der Waals surface area contributed by atoms with E-state index in [0.29, 0.717) is 12.1 Å². The van der Waals surface area contributed by atoms with E-state index < -0.39 is 0 Å². The van der Waals surface area contributed by atoms with Gasteiger partial charge in [0.25, 0.3) is 0 Å². The number of hydrogen-bond donors (Lipinski definition) is 2. The molecule has 1 heterocycles. The van der Waals surface area contributed by atoms with Gasteiger partial charge in [-0.2, -0.15) is 0 Å². The van der Waals surface area contributed by atoms with Gasteiger partial charge in [-0.3, -0.25) is 4.90 Å². The van der Waals surface area contributed by atoms with Crippen molar-refractivity contribution in [1.29, 1.82) is 0 Å². The smallest absolute Gasteiger partial charge is 0.0760 e. The van der Waals surface area contributed by atoms with Gasteiger partial charge in [-0.25, -0.2) is 0 Å². The lowest BCUT2D eigenvalue weighted by Gasteiger charge is -2.49. The zero-order chi connectivity index (χ0) is 15.9. The Morgan fingerprint density at radius 1 is 1.19 bits per heavy atom. The maximum Gasteiger partial charge on any atom is 0.0760 e. The van der Waals surface area contributed by atoms with Gasteiger partial charge in [-0.05, 0) is 47.0 Å². The van der Waals surface area contributed by atoms with Crippen LogP contribution in [0.1, 0.15) is 60.8 Å². The highest BCUT2D eigenvalue weighted by Gasteiger charge is 2.46. The molecule has 0 amide bonds. The maximum absolute atomic E-state index is 9.88. The van der Waals surface area contributed by atoms with Crippen LogP contribution >= 0.6 is 0 Å². The van der Waals surface area contributed by atoms with Crippen molar-refractivity contribution in [2.45, 2.75) is 89.6 Å². The molecule has 1 saturated carbocycles. The highest BCUT2D eigenvalue weighted by Crippen LogP contribution is 2.37. The average molecular weight is 298 g/mol. The summed E-state index contributed by atoms with van der Waals surface area (Å²) in [6, 6.07) is 0.958. The van der Waals surface area contributed by atoms with Gasteiger partial charge in [0.2, 0.25) is 0 Å². The average Bonchev–Trinajstić information content (AvgIpc) is 2.69. The van der Waals surface area contributed by atoms with Crippen LogP contribution in [0.3, 0.4) is 0 Å². The molecule has 2 rings (SSSR count). The van der Waals surface area contributed by atoms with Crippen molar-refractivity contribution in [3.63, 3.8) is 0 Å². The lowest BCUT2D eigenvalue weighted by atomic mass is 9.94. The van der Waals surface area contributed by atoms with E-state index in [1.165, 1.54) is 0 Å². The number of aliphatic hydroxyl groups excluding tert-OH is 1. The maximum atomic E-state index is 9.88. The summed E-state index contributed by atoms with van der Waals surface area (Å²) in [5, 5.41) is 13.5. The third-order valence-corrected chi connectivity index (χ3v) is 4.72. The Labute approximate surface area is 130 Å². The van der Waals surface area contributed by atoms with Crippen LogP contribution in [0.4, 0.5) is 0 Å². The molecule has 2 N–H and O–H groups in total. The normalized spacial score (nSPS) is 36.3. The molecule has 2 atom stereocenters. The van der Waals surface area contributed by atoms with Crippen LogP contribution in [0.15, 0.2) is 0 Å². The van der Waals surface area contributed by atoms with E-state index >= 15 is 0 Å². The molecule has 0 bridgehead atoms. The van der Waals surface area contributed by atoms with E-state index in [1.54, 1.807) is 0 Å². The van der Waals surface area contributed by atoms with Crippen molar-refractivity contribution >= 4 is 0 Å². The Morgan fingerprint density at radius 2 is 1.76 bits per heavy atom. The summed E-state index contributed by atoms with van der Waals surface area (Å²) >= 11 is 0. The fraction of sp³-hybridized carbons (Fsp3) is 1.00. The summed E-state index contributed by atoms with van der Waals surface area (Å²) in [6.07, 6.45) is 3.25. The summed E-state index contributed by atoms with van der Waals surface area (Å²) in [4.78, 5) is 2.59. The van der Waals surface area contributed by atoms with Crippen LogP contribution in [-0.2, 0) is 4.74 Å². The molecule has 124 valence electrons. The third kappa shape index (κ3) is 4.19. The van der Waals surface area contributed by atoms with Crippen molar-refractivity contribution in [2.24, 2.45) is 0 Å². The van der Waals surface area contributed by atoms with E-state index in [1.807, 2.05) is 0 Å². The van der Waals surface area contributed by atoms with Gasteiger partial charge in [0.1, 0.15) is 0 Å². The first-order chi connectivity index (χ1) is 9.56. The van der Waals surface area contributed by atoms with Crippen LogP contribution in [0.25, 0.3) is 0 Å². The summed E-state index contributed by atoms with van der Waals surface area (Å²) in [5.41, 5.74) is -0.291. The largest absolute Gasteiger partial charge is 0.394 e. The highest BCUT2D eigenvalue weighted by molar-refractivity contribution is 5.02. The minimum absolute atomic E-state index is 0.0918. The van der Waals surface area contributed by atoms with Crippen molar-refractivity contribution < 1.29 is 9.84 Å².